The first-order chi connectivity index (χ1) is 37.5. The van der Waals surface area contributed by atoms with Crippen molar-refractivity contribution in [3.8, 4) is 0 Å². The first-order valence-electron chi connectivity index (χ1n) is 31.2. The molecule has 3 saturated heterocycles. The fraction of sp³-hybridized carbons (Fsp3) is 1.00. The van der Waals surface area contributed by atoms with Crippen LogP contribution >= 0.6 is 0 Å². The van der Waals surface area contributed by atoms with E-state index in [9.17, 15) is 0 Å². The molecule has 0 spiro atoms. The maximum Gasteiger partial charge on any atom is 0.187 e. The molecule has 3 rings (SSSR count). The zero-order valence-corrected chi connectivity index (χ0v) is 56.8. The summed E-state index contributed by atoms with van der Waals surface area (Å²) in [6, 6.07) is 0. The highest BCUT2D eigenvalue weighted by molar-refractivity contribution is 4.97. The van der Waals surface area contributed by atoms with Crippen molar-refractivity contribution in [2.45, 2.75) is 391 Å². The molecular formula is C63H126O18. The van der Waals surface area contributed by atoms with Gasteiger partial charge in [0.05, 0.1) is 111 Å². The highest BCUT2D eigenvalue weighted by Gasteiger charge is 2.53. The lowest BCUT2D eigenvalue weighted by atomic mass is 9.97. The Kier molecular flexibility index (Phi) is 38.6. The summed E-state index contributed by atoms with van der Waals surface area (Å²) in [5.41, 5.74) is 0. The Balaban J connectivity index is 0.000000607. The normalized spacial score (nSPS) is 29.7. The largest absolute Gasteiger partial charge is 0.376 e. The molecule has 0 saturated carbocycles. The molecule has 0 bridgehead atoms. The summed E-state index contributed by atoms with van der Waals surface area (Å²) in [5, 5.41) is 0. The standard InChI is InChI=1S/3C21H42O6/c3*1-12(2)22-11-17-18(23-13(3)4)19(24-14(5)6)20(25-15(7)8)21(27-17)26-16(9)10/h3*12-21H,11H2,1-10H3/t17-,18-,19+,20-,21+;17-,18-,19+,20-,21-;/m11./s1. The summed E-state index contributed by atoms with van der Waals surface area (Å²) in [4.78, 5) is 0. The third-order valence-electron chi connectivity index (χ3n) is 11.6. The molecule has 3 heterocycles. The predicted octanol–water partition coefficient (Wildman–Crippen LogP) is 11.8. The van der Waals surface area contributed by atoms with Gasteiger partial charge in [-0.2, -0.15) is 0 Å². The molecule has 0 aromatic rings. The Bertz CT molecular complexity index is 1360. The van der Waals surface area contributed by atoms with Crippen molar-refractivity contribution in [1.82, 2.24) is 0 Å². The maximum absolute atomic E-state index is 6.31. The Morgan fingerprint density at radius 3 is 0.481 bits per heavy atom. The van der Waals surface area contributed by atoms with E-state index in [1.165, 1.54) is 0 Å². The minimum absolute atomic E-state index is 0.00203. The SMILES string of the molecule is CC(C)OCC1OC(OC(C)C)C(OC(C)C)C(OC(C)C)C1OC(C)C.CC(C)OC[C@H]1O[C@@H](OC(C)C)[C@H](OC(C)C)[C@@H](OC(C)C)[C@@H]1OC(C)C.CC(C)OC[C@H]1O[C@H](OC(C)C)[C@H](OC(C)C)[C@@H](OC(C)C)[C@@H]1OC(C)C. The van der Waals surface area contributed by atoms with Crippen LogP contribution in [0.1, 0.15) is 208 Å². The molecule has 0 radical (unpaired) electrons. The van der Waals surface area contributed by atoms with Gasteiger partial charge >= 0.3 is 0 Å². The summed E-state index contributed by atoms with van der Waals surface area (Å²) in [6.07, 6.45) is -4.98. The Hall–Kier alpha value is -0.720. The van der Waals surface area contributed by atoms with E-state index in [2.05, 4.69) is 0 Å². The maximum atomic E-state index is 6.31. The highest BCUT2D eigenvalue weighted by atomic mass is 16.8. The minimum atomic E-state index is -0.538. The van der Waals surface area contributed by atoms with Crippen LogP contribution in [0.5, 0.6) is 0 Å². The van der Waals surface area contributed by atoms with E-state index in [1.807, 2.05) is 208 Å². The van der Waals surface area contributed by atoms with Gasteiger partial charge in [-0.05, 0) is 208 Å². The van der Waals surface area contributed by atoms with Crippen molar-refractivity contribution < 1.29 is 85.3 Å². The van der Waals surface area contributed by atoms with Crippen molar-refractivity contribution >= 4 is 0 Å². The van der Waals surface area contributed by atoms with Crippen LogP contribution in [0.4, 0.5) is 0 Å². The van der Waals surface area contributed by atoms with Crippen molar-refractivity contribution in [2.75, 3.05) is 19.8 Å². The van der Waals surface area contributed by atoms with Crippen LogP contribution in [0, 0.1) is 0 Å². The van der Waals surface area contributed by atoms with Gasteiger partial charge in [-0.15, -0.1) is 0 Å². The molecule has 3 aliphatic rings. The lowest BCUT2D eigenvalue weighted by Gasteiger charge is -2.47. The van der Waals surface area contributed by atoms with Crippen molar-refractivity contribution in [2.24, 2.45) is 0 Å². The van der Waals surface area contributed by atoms with Crippen LogP contribution in [0.15, 0.2) is 0 Å². The fourth-order valence-corrected chi connectivity index (χ4v) is 9.25. The second kappa shape index (κ2) is 39.9. The monoisotopic (exact) mass is 1170 g/mol. The summed E-state index contributed by atoms with van der Waals surface area (Å²) < 4.78 is 111. The van der Waals surface area contributed by atoms with Gasteiger partial charge in [-0.1, -0.05) is 0 Å². The van der Waals surface area contributed by atoms with Gasteiger partial charge in [0.2, 0.25) is 0 Å². The molecule has 0 aromatic carbocycles. The lowest BCUT2D eigenvalue weighted by molar-refractivity contribution is -0.340. The number of hydrogen-bond acceptors (Lipinski definition) is 18. The summed E-state index contributed by atoms with van der Waals surface area (Å²) >= 11 is 0. The van der Waals surface area contributed by atoms with Gasteiger partial charge in [0.1, 0.15) is 73.2 Å². The molecule has 3 fully saturated rings. The topological polar surface area (TPSA) is 166 Å². The molecule has 486 valence electrons. The molecule has 0 N–H and O–H groups in total. The van der Waals surface area contributed by atoms with E-state index in [0.29, 0.717) is 19.8 Å². The molecular weight excluding hydrogens is 1040 g/mol. The van der Waals surface area contributed by atoms with E-state index in [4.69, 9.17) is 85.3 Å². The van der Waals surface area contributed by atoms with Crippen LogP contribution in [-0.2, 0) is 85.3 Å². The third-order valence-corrected chi connectivity index (χ3v) is 11.6. The van der Waals surface area contributed by atoms with Crippen LogP contribution in [0.3, 0.4) is 0 Å². The Labute approximate surface area is 494 Å². The Morgan fingerprint density at radius 2 is 0.333 bits per heavy atom. The lowest BCUT2D eigenvalue weighted by Crippen LogP contribution is -2.63. The first-order valence-corrected chi connectivity index (χ1v) is 31.2. The van der Waals surface area contributed by atoms with Crippen LogP contribution in [0.2, 0.25) is 0 Å². The van der Waals surface area contributed by atoms with Crippen LogP contribution in [-0.4, -0.2) is 203 Å². The minimum Gasteiger partial charge on any atom is -0.376 e. The highest BCUT2D eigenvalue weighted by Crippen LogP contribution is 2.35. The number of rotatable bonds is 33. The molecule has 3 aliphatic heterocycles. The van der Waals surface area contributed by atoms with Gasteiger partial charge in [0.25, 0.3) is 0 Å². The zero-order valence-electron chi connectivity index (χ0n) is 56.8. The number of ether oxygens (including phenoxy) is 18. The van der Waals surface area contributed by atoms with Gasteiger partial charge < -0.3 is 85.3 Å². The molecule has 18 heteroatoms. The average molecular weight is 1170 g/mol. The molecule has 0 aromatic heterocycles. The summed E-state index contributed by atoms with van der Waals surface area (Å²) in [6.45, 7) is 61.5. The van der Waals surface area contributed by atoms with E-state index in [-0.39, 0.29) is 165 Å². The van der Waals surface area contributed by atoms with Gasteiger partial charge in [-0.25, -0.2) is 0 Å². The van der Waals surface area contributed by atoms with Crippen molar-refractivity contribution in [1.29, 1.82) is 0 Å². The molecule has 0 amide bonds. The summed E-state index contributed by atoms with van der Waals surface area (Å²) in [5.74, 6) is 0. The van der Waals surface area contributed by atoms with E-state index < -0.39 is 18.9 Å². The van der Waals surface area contributed by atoms with E-state index in [1.54, 1.807) is 0 Å². The van der Waals surface area contributed by atoms with Gasteiger partial charge in [0.15, 0.2) is 18.9 Å². The molecule has 15 atom stereocenters. The number of hydrogen-bond donors (Lipinski definition) is 0. The first kappa shape index (κ1) is 78.3. The average Bonchev–Trinajstić information content (AvgIpc) is 3.29. The van der Waals surface area contributed by atoms with Crippen LogP contribution < -0.4 is 0 Å². The van der Waals surface area contributed by atoms with Crippen molar-refractivity contribution in [3.63, 3.8) is 0 Å². The van der Waals surface area contributed by atoms with E-state index >= 15 is 0 Å². The smallest absolute Gasteiger partial charge is 0.187 e. The quantitative estimate of drug-likeness (QED) is 0.0608. The fourth-order valence-electron chi connectivity index (χ4n) is 9.25. The van der Waals surface area contributed by atoms with E-state index in [0.717, 1.165) is 0 Å². The molecule has 5 unspecified atom stereocenters. The van der Waals surface area contributed by atoms with Gasteiger partial charge in [0, 0.05) is 0 Å². The second-order valence-electron chi connectivity index (χ2n) is 25.7. The second-order valence-corrected chi connectivity index (χ2v) is 25.7. The summed E-state index contributed by atoms with van der Waals surface area (Å²) in [7, 11) is 0. The Morgan fingerprint density at radius 1 is 0.185 bits per heavy atom. The van der Waals surface area contributed by atoms with Gasteiger partial charge in [-0.3, -0.25) is 0 Å². The molecule has 18 nitrogen and oxygen atoms in total. The zero-order chi connectivity index (χ0) is 62.2. The third kappa shape index (κ3) is 31.7. The molecule has 81 heavy (non-hydrogen) atoms. The molecule has 0 aliphatic carbocycles. The van der Waals surface area contributed by atoms with Crippen LogP contribution in [0.25, 0.3) is 0 Å². The van der Waals surface area contributed by atoms with Crippen molar-refractivity contribution in [3.05, 3.63) is 0 Å². The predicted molar refractivity (Wildman–Crippen MR) is 318 cm³/mol.